The van der Waals surface area contributed by atoms with E-state index in [-0.39, 0.29) is 23.2 Å². The van der Waals surface area contributed by atoms with Crippen molar-refractivity contribution < 1.29 is 10.2 Å². The van der Waals surface area contributed by atoms with Crippen molar-refractivity contribution in [3.05, 3.63) is 5.69 Å². The fourth-order valence-electron chi connectivity index (χ4n) is 2.01. The van der Waals surface area contributed by atoms with Gasteiger partial charge in [-0.2, -0.15) is 4.37 Å². The Bertz CT molecular complexity index is 561. The van der Waals surface area contributed by atoms with Gasteiger partial charge in [0.1, 0.15) is 4.70 Å². The Balaban J connectivity index is 2.83. The maximum atomic E-state index is 10.3. The summed E-state index contributed by atoms with van der Waals surface area (Å²) in [6.07, 6.45) is 0. The van der Waals surface area contributed by atoms with Gasteiger partial charge >= 0.3 is 0 Å². The van der Waals surface area contributed by atoms with Crippen LogP contribution < -0.4 is 0 Å². The first-order valence-corrected chi connectivity index (χ1v) is 6.45. The minimum atomic E-state index is -0.360. The Morgan fingerprint density at radius 3 is 2.24 bits per heavy atom. The van der Waals surface area contributed by atoms with Crippen LogP contribution in [-0.4, -0.2) is 19.2 Å². The summed E-state index contributed by atoms with van der Waals surface area (Å²) in [7, 11) is 0. The van der Waals surface area contributed by atoms with Crippen molar-refractivity contribution in [2.24, 2.45) is 0 Å². The molecule has 2 N–H and O–H groups in total. The molecule has 0 aliphatic heterocycles. The van der Waals surface area contributed by atoms with Gasteiger partial charge in [0.05, 0.1) is 11.1 Å². The van der Waals surface area contributed by atoms with Gasteiger partial charge < -0.3 is 10.2 Å². The zero-order valence-corrected chi connectivity index (χ0v) is 11.6. The molecule has 2 heterocycles. The Kier molecular flexibility index (Phi) is 2.61. The van der Waals surface area contributed by atoms with Gasteiger partial charge in [0, 0.05) is 5.54 Å². The monoisotopic (exact) mass is 254 g/mol. The molecule has 0 aliphatic rings. The van der Waals surface area contributed by atoms with Crippen molar-refractivity contribution in [3.63, 3.8) is 0 Å². The quantitative estimate of drug-likeness (QED) is 0.820. The lowest BCUT2D eigenvalue weighted by molar-refractivity contribution is 0.287. The van der Waals surface area contributed by atoms with Crippen molar-refractivity contribution in [1.82, 2.24) is 8.94 Å². The van der Waals surface area contributed by atoms with Gasteiger partial charge in [-0.15, -0.1) is 0 Å². The molecule has 0 radical (unpaired) electrons. The number of fused-ring (bicyclic) bond motifs is 1. The summed E-state index contributed by atoms with van der Waals surface area (Å²) >= 11 is 1.24. The number of nitrogens with zero attached hydrogens (tertiary/aromatic N) is 2. The molecule has 0 saturated heterocycles. The molecule has 4 nitrogen and oxygen atoms in total. The highest BCUT2D eigenvalue weighted by Gasteiger charge is 2.28. The van der Waals surface area contributed by atoms with E-state index >= 15 is 0 Å². The van der Waals surface area contributed by atoms with Crippen LogP contribution in [-0.2, 0) is 5.54 Å². The van der Waals surface area contributed by atoms with E-state index in [0.717, 1.165) is 5.69 Å². The van der Waals surface area contributed by atoms with E-state index in [0.29, 0.717) is 10.1 Å². The molecular weight excluding hydrogens is 236 g/mol. The number of rotatable bonds is 1. The third-order valence-electron chi connectivity index (χ3n) is 2.79. The van der Waals surface area contributed by atoms with Crippen LogP contribution in [0.1, 0.15) is 46.2 Å². The molecule has 0 atom stereocenters. The number of hydrogen-bond donors (Lipinski definition) is 2. The maximum Gasteiger partial charge on any atom is 0.214 e. The SMILES string of the molecule is CC(C)c1nsc2c(O)n(C(C)(C)C)c(O)c12. The van der Waals surface area contributed by atoms with Gasteiger partial charge in [-0.3, -0.25) is 4.57 Å². The first-order chi connectivity index (χ1) is 7.75. The second kappa shape index (κ2) is 3.63. The molecule has 0 aromatic carbocycles. The average Bonchev–Trinajstić information content (AvgIpc) is 2.66. The first-order valence-electron chi connectivity index (χ1n) is 5.67. The molecule has 2 rings (SSSR count). The van der Waals surface area contributed by atoms with Crippen molar-refractivity contribution in [1.29, 1.82) is 0 Å². The molecule has 5 heteroatoms. The lowest BCUT2D eigenvalue weighted by Crippen LogP contribution is -2.20. The van der Waals surface area contributed by atoms with E-state index in [1.807, 2.05) is 34.6 Å². The summed E-state index contributed by atoms with van der Waals surface area (Å²) < 4.78 is 6.53. The molecule has 0 aliphatic carbocycles. The standard InChI is InChI=1S/C12H18N2O2S/c1-6(2)8-7-9(17-13-8)11(16)14(10(7)15)12(3,4)5/h6,15-16H,1-5H3. The van der Waals surface area contributed by atoms with E-state index in [9.17, 15) is 10.2 Å². The molecule has 0 spiro atoms. The third-order valence-corrected chi connectivity index (χ3v) is 3.64. The van der Waals surface area contributed by atoms with E-state index in [4.69, 9.17) is 0 Å². The number of aromatic nitrogens is 2. The van der Waals surface area contributed by atoms with E-state index in [1.54, 1.807) is 4.57 Å². The van der Waals surface area contributed by atoms with Crippen LogP contribution in [0.25, 0.3) is 10.1 Å². The highest BCUT2D eigenvalue weighted by molar-refractivity contribution is 7.14. The summed E-state index contributed by atoms with van der Waals surface area (Å²) in [5.74, 6) is 0.446. The normalized spacial score (nSPS) is 12.8. The van der Waals surface area contributed by atoms with Crippen molar-refractivity contribution in [2.75, 3.05) is 0 Å². The molecule has 0 fully saturated rings. The van der Waals surface area contributed by atoms with Crippen molar-refractivity contribution in [2.45, 2.75) is 46.1 Å². The van der Waals surface area contributed by atoms with Crippen molar-refractivity contribution >= 4 is 21.6 Å². The van der Waals surface area contributed by atoms with E-state index in [1.165, 1.54) is 11.5 Å². The van der Waals surface area contributed by atoms with Gasteiger partial charge in [-0.1, -0.05) is 13.8 Å². The van der Waals surface area contributed by atoms with E-state index < -0.39 is 0 Å². The van der Waals surface area contributed by atoms with Crippen LogP contribution in [0.15, 0.2) is 0 Å². The van der Waals surface area contributed by atoms with Gasteiger partial charge in [0.25, 0.3) is 0 Å². The maximum absolute atomic E-state index is 10.3. The Morgan fingerprint density at radius 2 is 1.76 bits per heavy atom. The van der Waals surface area contributed by atoms with Gasteiger partial charge in [0.2, 0.25) is 11.8 Å². The van der Waals surface area contributed by atoms with Crippen LogP contribution in [0.4, 0.5) is 0 Å². The highest BCUT2D eigenvalue weighted by atomic mass is 32.1. The lowest BCUT2D eigenvalue weighted by Gasteiger charge is -2.23. The summed E-state index contributed by atoms with van der Waals surface area (Å²) in [6, 6.07) is 0. The summed E-state index contributed by atoms with van der Waals surface area (Å²) in [4.78, 5) is 0. The Morgan fingerprint density at radius 1 is 1.18 bits per heavy atom. The van der Waals surface area contributed by atoms with Gasteiger partial charge in [0.15, 0.2) is 0 Å². The molecule has 0 bridgehead atoms. The molecule has 0 amide bonds. The number of hydrogen-bond acceptors (Lipinski definition) is 4. The predicted octanol–water partition coefficient (Wildman–Crippen LogP) is 3.39. The van der Waals surface area contributed by atoms with E-state index in [2.05, 4.69) is 4.37 Å². The number of aromatic hydroxyl groups is 2. The van der Waals surface area contributed by atoms with Gasteiger partial charge in [-0.05, 0) is 38.2 Å². The predicted molar refractivity (Wildman–Crippen MR) is 70.0 cm³/mol. The minimum absolute atomic E-state index is 0.106. The molecule has 0 saturated carbocycles. The lowest BCUT2D eigenvalue weighted by atomic mass is 10.1. The molecule has 2 aromatic heterocycles. The topological polar surface area (TPSA) is 58.3 Å². The van der Waals surface area contributed by atoms with Crippen molar-refractivity contribution in [3.8, 4) is 11.8 Å². The second-order valence-electron chi connectivity index (χ2n) is 5.58. The van der Waals surface area contributed by atoms with Crippen LogP contribution in [0.3, 0.4) is 0 Å². The average molecular weight is 254 g/mol. The Hall–Kier alpha value is -1.23. The highest BCUT2D eigenvalue weighted by Crippen LogP contribution is 2.45. The molecule has 17 heavy (non-hydrogen) atoms. The van der Waals surface area contributed by atoms with Crippen LogP contribution in [0, 0.1) is 0 Å². The molecular formula is C12H18N2O2S. The summed E-state index contributed by atoms with van der Waals surface area (Å²) in [6.45, 7) is 9.88. The smallest absolute Gasteiger partial charge is 0.214 e. The fourth-order valence-corrected chi connectivity index (χ4v) is 2.97. The molecule has 0 unspecified atom stereocenters. The Labute approximate surface area is 105 Å². The molecule has 2 aromatic rings. The summed E-state index contributed by atoms with van der Waals surface area (Å²) in [5, 5.41) is 21.2. The zero-order chi connectivity index (χ0) is 13.0. The third kappa shape index (κ3) is 1.69. The van der Waals surface area contributed by atoms with Crippen LogP contribution >= 0.6 is 11.5 Å². The van der Waals surface area contributed by atoms with Gasteiger partial charge in [-0.25, -0.2) is 0 Å². The second-order valence-corrected chi connectivity index (χ2v) is 6.35. The first kappa shape index (κ1) is 12.2. The largest absolute Gasteiger partial charge is 0.494 e. The summed E-state index contributed by atoms with van der Waals surface area (Å²) in [5.41, 5.74) is 0.488. The minimum Gasteiger partial charge on any atom is -0.494 e. The zero-order valence-electron chi connectivity index (χ0n) is 10.8. The fraction of sp³-hybridized carbons (Fsp3) is 0.583. The van der Waals surface area contributed by atoms with Crippen LogP contribution in [0.2, 0.25) is 0 Å². The molecule has 94 valence electrons. The van der Waals surface area contributed by atoms with Crippen LogP contribution in [0.5, 0.6) is 11.8 Å².